The van der Waals surface area contributed by atoms with Crippen LogP contribution in [-0.2, 0) is 4.79 Å². The van der Waals surface area contributed by atoms with Gasteiger partial charge in [-0.3, -0.25) is 10.0 Å². The van der Waals surface area contributed by atoms with E-state index in [0.717, 1.165) is 0 Å². The molecule has 0 bridgehead atoms. The van der Waals surface area contributed by atoms with Gasteiger partial charge in [-0.15, -0.1) is 0 Å². The maximum Gasteiger partial charge on any atom is 0.260 e. The van der Waals surface area contributed by atoms with Crippen molar-refractivity contribution in [3.8, 4) is 0 Å². The van der Waals surface area contributed by atoms with E-state index in [-0.39, 0.29) is 6.04 Å². The molecule has 0 aliphatic rings. The Kier molecular flexibility index (Phi) is 3.14. The molecule has 0 aromatic carbocycles. The number of nitrogens with one attached hydrogen (secondary N) is 2. The molecule has 8 heavy (non-hydrogen) atoms. The highest BCUT2D eigenvalue weighted by atomic mass is 16.5. The van der Waals surface area contributed by atoms with E-state index in [1.54, 1.807) is 14.0 Å². The summed E-state index contributed by atoms with van der Waals surface area (Å²) >= 11 is 0. The van der Waals surface area contributed by atoms with Gasteiger partial charge in [-0.1, -0.05) is 0 Å². The van der Waals surface area contributed by atoms with Crippen molar-refractivity contribution in [1.82, 2.24) is 10.8 Å². The normalized spacial score (nSPS) is 12.9. The molecule has 0 aliphatic heterocycles. The summed E-state index contributed by atoms with van der Waals surface area (Å²) in [6, 6.07) is -0.333. The van der Waals surface area contributed by atoms with Crippen molar-refractivity contribution in [2.24, 2.45) is 0 Å². The molecule has 0 fully saturated rings. The zero-order chi connectivity index (χ0) is 6.57. The summed E-state index contributed by atoms with van der Waals surface area (Å²) in [6.45, 7) is 1.64. The minimum atomic E-state index is -0.424. The molecule has 3 N–H and O–H groups in total. The van der Waals surface area contributed by atoms with Crippen LogP contribution >= 0.6 is 0 Å². The summed E-state index contributed by atoms with van der Waals surface area (Å²) in [5.74, 6) is -0.424. The Morgan fingerprint density at radius 1 is 1.75 bits per heavy atom. The molecule has 0 spiro atoms. The Bertz CT molecular complexity index is 84.1. The van der Waals surface area contributed by atoms with Gasteiger partial charge in [0.25, 0.3) is 5.91 Å². The third-order valence-corrected chi connectivity index (χ3v) is 0.936. The smallest absolute Gasteiger partial charge is 0.260 e. The second kappa shape index (κ2) is 3.40. The van der Waals surface area contributed by atoms with Gasteiger partial charge >= 0.3 is 0 Å². The van der Waals surface area contributed by atoms with Gasteiger partial charge in [0.05, 0.1) is 6.04 Å². The predicted molar refractivity (Wildman–Crippen MR) is 28.5 cm³/mol. The first kappa shape index (κ1) is 7.39. The molecule has 0 rings (SSSR count). The van der Waals surface area contributed by atoms with E-state index in [0.29, 0.717) is 0 Å². The average molecular weight is 118 g/mol. The zero-order valence-corrected chi connectivity index (χ0v) is 4.93. The van der Waals surface area contributed by atoms with Crippen LogP contribution in [-0.4, -0.2) is 24.2 Å². The number of amides is 1. The number of likely N-dealkylation sites (N-methyl/N-ethyl adjacent to an activating group) is 1. The first-order valence-corrected chi connectivity index (χ1v) is 2.33. The van der Waals surface area contributed by atoms with Crippen LogP contribution in [0.3, 0.4) is 0 Å². The third-order valence-electron chi connectivity index (χ3n) is 0.936. The van der Waals surface area contributed by atoms with Crippen LogP contribution in [0.1, 0.15) is 6.92 Å². The fraction of sp³-hybridized carbons (Fsp3) is 0.750. The van der Waals surface area contributed by atoms with Crippen molar-refractivity contribution in [2.75, 3.05) is 7.05 Å². The molecule has 0 aromatic heterocycles. The lowest BCUT2D eigenvalue weighted by atomic mass is 10.3. The van der Waals surface area contributed by atoms with Crippen molar-refractivity contribution < 1.29 is 10.0 Å². The van der Waals surface area contributed by atoms with Crippen molar-refractivity contribution in [1.29, 1.82) is 0 Å². The highest BCUT2D eigenvalue weighted by Crippen LogP contribution is 1.74. The first-order valence-electron chi connectivity index (χ1n) is 2.33. The molecule has 0 saturated heterocycles. The van der Waals surface area contributed by atoms with Crippen molar-refractivity contribution in [3.05, 3.63) is 0 Å². The summed E-state index contributed by atoms with van der Waals surface area (Å²) in [4.78, 5) is 10.3. The maximum atomic E-state index is 10.3. The molecule has 0 saturated carbocycles. The number of hydroxylamine groups is 1. The van der Waals surface area contributed by atoms with Gasteiger partial charge in [-0.2, -0.15) is 0 Å². The lowest BCUT2D eigenvalue weighted by Gasteiger charge is -2.04. The van der Waals surface area contributed by atoms with Gasteiger partial charge in [0, 0.05) is 0 Å². The molecule has 48 valence electrons. The number of hydrogen-bond acceptors (Lipinski definition) is 3. The largest absolute Gasteiger partial charge is 0.309 e. The van der Waals surface area contributed by atoms with Crippen LogP contribution in [0, 0.1) is 0 Å². The highest BCUT2D eigenvalue weighted by molar-refractivity contribution is 5.79. The second-order valence-electron chi connectivity index (χ2n) is 1.49. The van der Waals surface area contributed by atoms with Crippen LogP contribution in [0.2, 0.25) is 0 Å². The predicted octanol–water partition coefficient (Wildman–Crippen LogP) is -0.900. The molecule has 0 unspecified atom stereocenters. The Balaban J connectivity index is 3.46. The van der Waals surface area contributed by atoms with Crippen LogP contribution in [0.25, 0.3) is 0 Å². The van der Waals surface area contributed by atoms with Gasteiger partial charge < -0.3 is 5.32 Å². The van der Waals surface area contributed by atoms with E-state index in [1.165, 1.54) is 5.48 Å². The van der Waals surface area contributed by atoms with Crippen molar-refractivity contribution >= 4 is 5.91 Å². The van der Waals surface area contributed by atoms with Gasteiger partial charge in [-0.25, -0.2) is 5.48 Å². The molecule has 0 radical (unpaired) electrons. The maximum absolute atomic E-state index is 10.3. The van der Waals surface area contributed by atoms with Crippen molar-refractivity contribution in [2.45, 2.75) is 13.0 Å². The van der Waals surface area contributed by atoms with Crippen LogP contribution in [0.15, 0.2) is 0 Å². The quantitative estimate of drug-likeness (QED) is 0.325. The summed E-state index contributed by atoms with van der Waals surface area (Å²) in [7, 11) is 1.64. The monoisotopic (exact) mass is 118 g/mol. The average Bonchev–Trinajstić information content (AvgIpc) is 1.84. The molecule has 4 heteroatoms. The molecule has 0 heterocycles. The first-order chi connectivity index (χ1) is 3.72. The Hall–Kier alpha value is -0.610. The Morgan fingerprint density at radius 3 is 2.38 bits per heavy atom. The van der Waals surface area contributed by atoms with E-state index in [2.05, 4.69) is 5.32 Å². The molecular formula is C4H10N2O2. The third kappa shape index (κ3) is 1.90. The fourth-order valence-electron chi connectivity index (χ4n) is 0.228. The molecule has 0 aromatic rings. The molecular weight excluding hydrogens is 108 g/mol. The number of hydrogen-bond donors (Lipinski definition) is 3. The van der Waals surface area contributed by atoms with Crippen LogP contribution < -0.4 is 10.8 Å². The van der Waals surface area contributed by atoms with Crippen LogP contribution in [0.5, 0.6) is 0 Å². The minimum Gasteiger partial charge on any atom is -0.309 e. The van der Waals surface area contributed by atoms with Gasteiger partial charge in [0.2, 0.25) is 0 Å². The van der Waals surface area contributed by atoms with Crippen molar-refractivity contribution in [3.63, 3.8) is 0 Å². The summed E-state index contributed by atoms with van der Waals surface area (Å²) in [5, 5.41) is 10.6. The van der Waals surface area contributed by atoms with E-state index in [1.807, 2.05) is 0 Å². The molecule has 1 amide bonds. The fourth-order valence-corrected chi connectivity index (χ4v) is 0.228. The molecule has 1 atom stereocenters. The number of rotatable bonds is 2. The molecule has 0 aliphatic carbocycles. The van der Waals surface area contributed by atoms with Gasteiger partial charge in [-0.05, 0) is 14.0 Å². The standard InChI is InChI=1S/C4H10N2O2/c1-3(5-2)4(7)6-8/h3,5,8H,1-2H3,(H,6,7)/t3-/m0/s1. The number of carbonyl (C=O) groups is 1. The van der Waals surface area contributed by atoms with E-state index >= 15 is 0 Å². The lowest BCUT2D eigenvalue weighted by Crippen LogP contribution is -2.38. The second-order valence-corrected chi connectivity index (χ2v) is 1.49. The zero-order valence-electron chi connectivity index (χ0n) is 4.93. The van der Waals surface area contributed by atoms with Crippen LogP contribution in [0.4, 0.5) is 0 Å². The van der Waals surface area contributed by atoms with E-state index in [4.69, 9.17) is 5.21 Å². The SMILES string of the molecule is CN[C@@H](C)C(=O)NO. The van der Waals surface area contributed by atoms with E-state index < -0.39 is 5.91 Å². The minimum absolute atomic E-state index is 0.333. The summed E-state index contributed by atoms with van der Waals surface area (Å²) in [6.07, 6.45) is 0. The lowest BCUT2D eigenvalue weighted by molar-refractivity contribution is -0.130. The summed E-state index contributed by atoms with van der Waals surface area (Å²) in [5.41, 5.74) is 1.51. The summed E-state index contributed by atoms with van der Waals surface area (Å²) < 4.78 is 0. The Labute approximate surface area is 47.8 Å². The number of carbonyl (C=O) groups excluding carboxylic acids is 1. The van der Waals surface area contributed by atoms with Gasteiger partial charge in [0.15, 0.2) is 0 Å². The van der Waals surface area contributed by atoms with Gasteiger partial charge in [0.1, 0.15) is 0 Å². The topological polar surface area (TPSA) is 61.4 Å². The highest BCUT2D eigenvalue weighted by Gasteiger charge is 2.06. The molecule has 4 nitrogen and oxygen atoms in total. The van der Waals surface area contributed by atoms with E-state index in [9.17, 15) is 4.79 Å². The Morgan fingerprint density at radius 2 is 2.25 bits per heavy atom.